The molecule has 0 bridgehead atoms. The number of aliphatic carboxylic acids is 1. The van der Waals surface area contributed by atoms with E-state index in [2.05, 4.69) is 4.98 Å². The van der Waals surface area contributed by atoms with Gasteiger partial charge in [0, 0.05) is 7.05 Å². The smallest absolute Gasteiger partial charge is 0.324 e. The summed E-state index contributed by atoms with van der Waals surface area (Å²) in [4.78, 5) is 26.6. The molecular formula is C10H11N3O4S. The summed E-state index contributed by atoms with van der Waals surface area (Å²) >= 11 is 1.30. The zero-order chi connectivity index (χ0) is 13.3. The molecule has 0 radical (unpaired) electrons. The molecule has 2 heterocycles. The number of hydrogen-bond acceptors (Lipinski definition) is 6. The lowest BCUT2D eigenvalue weighted by Crippen LogP contribution is -2.37. The lowest BCUT2D eigenvalue weighted by molar-refractivity contribution is -0.139. The highest BCUT2D eigenvalue weighted by molar-refractivity contribution is 7.17. The summed E-state index contributed by atoms with van der Waals surface area (Å²) in [7, 11) is 1.51. The van der Waals surface area contributed by atoms with Crippen LogP contribution < -0.4 is 16.0 Å². The molecule has 0 saturated heterocycles. The van der Waals surface area contributed by atoms with Crippen molar-refractivity contribution in [2.24, 2.45) is 12.8 Å². The summed E-state index contributed by atoms with van der Waals surface area (Å²) < 4.78 is 6.93. The van der Waals surface area contributed by atoms with E-state index in [9.17, 15) is 9.59 Å². The summed E-state index contributed by atoms with van der Waals surface area (Å²) in [5, 5.41) is 10.4. The Balaban J connectivity index is 2.31. The van der Waals surface area contributed by atoms with Gasteiger partial charge >= 0.3 is 5.97 Å². The molecule has 2 aromatic rings. The van der Waals surface area contributed by atoms with Crippen LogP contribution in [0, 0.1) is 0 Å². The van der Waals surface area contributed by atoms with Gasteiger partial charge in [-0.15, -0.1) is 11.3 Å². The van der Waals surface area contributed by atoms with Crippen molar-refractivity contribution in [3.8, 4) is 6.01 Å². The van der Waals surface area contributed by atoms with Gasteiger partial charge in [0.1, 0.15) is 17.3 Å². The molecule has 0 spiro atoms. The molecule has 7 nitrogen and oxygen atoms in total. The standard InChI is InChI=1S/C10H11N3O4S/c1-13-8(14)7-6(2-3-18-7)12-10(13)17-4-5(11)9(15)16/h2-3,5H,4,11H2,1H3,(H,15,16). The van der Waals surface area contributed by atoms with E-state index >= 15 is 0 Å². The average Bonchev–Trinajstić information content (AvgIpc) is 2.79. The Hall–Kier alpha value is -1.93. The van der Waals surface area contributed by atoms with Gasteiger partial charge in [-0.2, -0.15) is 4.98 Å². The fourth-order valence-corrected chi connectivity index (χ4v) is 2.14. The molecule has 1 atom stereocenters. The SMILES string of the molecule is Cn1c(OCC(N)C(=O)O)nc2ccsc2c1=O. The van der Waals surface area contributed by atoms with Crippen molar-refractivity contribution in [2.75, 3.05) is 6.61 Å². The number of nitrogens with two attached hydrogens (primary N) is 1. The third-order valence-corrected chi connectivity index (χ3v) is 3.25. The Bertz CT molecular complexity index is 648. The molecule has 2 aromatic heterocycles. The molecule has 96 valence electrons. The number of rotatable bonds is 4. The third kappa shape index (κ3) is 2.20. The maximum Gasteiger partial charge on any atom is 0.324 e. The number of nitrogens with zero attached hydrogens (tertiary/aromatic N) is 2. The van der Waals surface area contributed by atoms with Gasteiger partial charge in [0.05, 0.1) is 5.52 Å². The normalized spacial score (nSPS) is 12.6. The van der Waals surface area contributed by atoms with Gasteiger partial charge in [-0.1, -0.05) is 0 Å². The van der Waals surface area contributed by atoms with Gasteiger partial charge in [-0.3, -0.25) is 14.2 Å². The Morgan fingerprint density at radius 1 is 1.72 bits per heavy atom. The van der Waals surface area contributed by atoms with Crippen LogP contribution in [0.4, 0.5) is 0 Å². The molecule has 1 unspecified atom stereocenters. The maximum absolute atomic E-state index is 11.9. The van der Waals surface area contributed by atoms with Crippen LogP contribution in [0.25, 0.3) is 10.2 Å². The van der Waals surface area contributed by atoms with Crippen LogP contribution in [0.2, 0.25) is 0 Å². The summed E-state index contributed by atoms with van der Waals surface area (Å²) in [6, 6.07) is 0.605. The number of thiophene rings is 1. The van der Waals surface area contributed by atoms with E-state index in [1.54, 1.807) is 11.4 Å². The molecule has 8 heteroatoms. The topological polar surface area (TPSA) is 107 Å². The molecule has 0 aromatic carbocycles. The number of fused-ring (bicyclic) bond motifs is 1. The number of carboxylic acids is 1. The highest BCUT2D eigenvalue weighted by atomic mass is 32.1. The van der Waals surface area contributed by atoms with Crippen LogP contribution in [-0.2, 0) is 11.8 Å². The number of aromatic nitrogens is 2. The highest BCUT2D eigenvalue weighted by Crippen LogP contribution is 2.17. The molecule has 2 rings (SSSR count). The van der Waals surface area contributed by atoms with Crippen LogP contribution >= 0.6 is 11.3 Å². The van der Waals surface area contributed by atoms with E-state index in [0.29, 0.717) is 10.2 Å². The molecule has 0 fully saturated rings. The van der Waals surface area contributed by atoms with Crippen molar-refractivity contribution in [1.82, 2.24) is 9.55 Å². The summed E-state index contributed by atoms with van der Waals surface area (Å²) in [6.45, 7) is -0.245. The molecule has 0 aliphatic carbocycles. The minimum atomic E-state index is -1.17. The summed E-state index contributed by atoms with van der Waals surface area (Å²) in [6.07, 6.45) is 0. The molecule has 3 N–H and O–H groups in total. The van der Waals surface area contributed by atoms with E-state index in [-0.39, 0.29) is 18.2 Å². The molecule has 0 aliphatic heterocycles. The maximum atomic E-state index is 11.9. The summed E-state index contributed by atoms with van der Waals surface area (Å²) in [5.74, 6) is -1.17. The van der Waals surface area contributed by atoms with Gasteiger partial charge in [0.25, 0.3) is 11.6 Å². The van der Waals surface area contributed by atoms with Gasteiger partial charge in [0.2, 0.25) is 0 Å². The lowest BCUT2D eigenvalue weighted by atomic mass is 10.3. The molecule has 0 saturated carbocycles. The van der Waals surface area contributed by atoms with Crippen LogP contribution in [0.5, 0.6) is 6.01 Å². The van der Waals surface area contributed by atoms with Crippen molar-refractivity contribution in [2.45, 2.75) is 6.04 Å². The van der Waals surface area contributed by atoms with Crippen LogP contribution in [0.15, 0.2) is 16.2 Å². The van der Waals surface area contributed by atoms with Crippen molar-refractivity contribution >= 4 is 27.5 Å². The van der Waals surface area contributed by atoms with Crippen LogP contribution in [-0.4, -0.2) is 33.3 Å². The zero-order valence-electron chi connectivity index (χ0n) is 9.49. The van der Waals surface area contributed by atoms with Crippen LogP contribution in [0.3, 0.4) is 0 Å². The monoisotopic (exact) mass is 269 g/mol. The Morgan fingerprint density at radius 3 is 3.11 bits per heavy atom. The first-order valence-corrected chi connectivity index (χ1v) is 5.94. The van der Waals surface area contributed by atoms with E-state index in [1.165, 1.54) is 23.0 Å². The number of carbonyl (C=O) groups is 1. The van der Waals surface area contributed by atoms with Gasteiger partial charge < -0.3 is 15.6 Å². The Kier molecular flexibility index (Phi) is 3.30. The predicted molar refractivity (Wildman–Crippen MR) is 66.0 cm³/mol. The Morgan fingerprint density at radius 2 is 2.44 bits per heavy atom. The van der Waals surface area contributed by atoms with E-state index < -0.39 is 12.0 Å². The first-order valence-electron chi connectivity index (χ1n) is 5.06. The second kappa shape index (κ2) is 4.75. The fraction of sp³-hybridized carbons (Fsp3) is 0.300. The quantitative estimate of drug-likeness (QED) is 0.795. The van der Waals surface area contributed by atoms with Gasteiger partial charge in [-0.05, 0) is 11.4 Å². The number of hydrogen-bond donors (Lipinski definition) is 2. The van der Waals surface area contributed by atoms with Gasteiger partial charge in [0.15, 0.2) is 0 Å². The van der Waals surface area contributed by atoms with E-state index in [1.807, 2.05) is 0 Å². The van der Waals surface area contributed by atoms with Gasteiger partial charge in [-0.25, -0.2) is 0 Å². The zero-order valence-corrected chi connectivity index (χ0v) is 10.3. The molecular weight excluding hydrogens is 258 g/mol. The minimum absolute atomic E-state index is 0.0580. The lowest BCUT2D eigenvalue weighted by Gasteiger charge is -2.11. The van der Waals surface area contributed by atoms with Crippen molar-refractivity contribution in [3.05, 3.63) is 21.8 Å². The first-order chi connectivity index (χ1) is 8.50. The van der Waals surface area contributed by atoms with E-state index in [4.69, 9.17) is 15.6 Å². The average molecular weight is 269 g/mol. The van der Waals surface area contributed by atoms with Crippen molar-refractivity contribution in [3.63, 3.8) is 0 Å². The van der Waals surface area contributed by atoms with Crippen molar-refractivity contribution in [1.29, 1.82) is 0 Å². The van der Waals surface area contributed by atoms with Crippen LogP contribution in [0.1, 0.15) is 0 Å². The Labute approximate surface area is 105 Å². The molecule has 0 aliphatic rings. The largest absolute Gasteiger partial charge is 0.480 e. The van der Waals surface area contributed by atoms with E-state index in [0.717, 1.165) is 0 Å². The molecule has 18 heavy (non-hydrogen) atoms. The minimum Gasteiger partial charge on any atom is -0.480 e. The predicted octanol–water partition coefficient (Wildman–Crippen LogP) is -0.214. The third-order valence-electron chi connectivity index (χ3n) is 2.36. The first kappa shape index (κ1) is 12.5. The highest BCUT2D eigenvalue weighted by Gasteiger charge is 2.15. The summed E-state index contributed by atoms with van der Waals surface area (Å²) in [5.41, 5.74) is 5.61. The molecule has 0 amide bonds. The second-order valence-corrected chi connectivity index (χ2v) is 4.57. The number of carboxylic acid groups (broad SMARTS) is 1. The number of ether oxygens (including phenoxy) is 1. The second-order valence-electron chi connectivity index (χ2n) is 3.65. The van der Waals surface area contributed by atoms with Crippen molar-refractivity contribution < 1.29 is 14.6 Å². The fourth-order valence-electron chi connectivity index (χ4n) is 1.33.